The molecule has 1 aromatic heterocycles. The number of likely N-dealkylation sites (N-methyl/N-ethyl adjacent to an activating group) is 1. The van der Waals surface area contributed by atoms with Crippen LogP contribution in [0, 0.1) is 41.4 Å². The third-order valence-electron chi connectivity index (χ3n) is 9.93. The molecule has 2 unspecified atom stereocenters. The van der Waals surface area contributed by atoms with E-state index < -0.39 is 61.7 Å². The first-order chi connectivity index (χ1) is 27.2. The summed E-state index contributed by atoms with van der Waals surface area (Å²) in [6, 6.07) is 13.7. The molecule has 1 saturated carbocycles. The summed E-state index contributed by atoms with van der Waals surface area (Å²) in [7, 11) is -8.30. The van der Waals surface area contributed by atoms with Crippen molar-refractivity contribution in [1.29, 1.82) is 0 Å². The Morgan fingerprint density at radius 2 is 1.40 bits per heavy atom. The van der Waals surface area contributed by atoms with Gasteiger partial charge in [-0.3, -0.25) is 25.0 Å². The summed E-state index contributed by atoms with van der Waals surface area (Å²) in [4.78, 5) is 32.9. The van der Waals surface area contributed by atoms with Crippen molar-refractivity contribution in [3.05, 3.63) is 78.6 Å². The summed E-state index contributed by atoms with van der Waals surface area (Å²) in [5.41, 5.74) is -0.475. The van der Waals surface area contributed by atoms with E-state index in [2.05, 4.69) is 28.7 Å². The Kier molecular flexibility index (Phi) is 15.6. The Labute approximate surface area is 335 Å². The highest BCUT2D eigenvalue weighted by molar-refractivity contribution is 7.89. The monoisotopic (exact) mass is 823 g/mol. The molecule has 2 aromatic carbocycles. The second-order valence-corrected chi connectivity index (χ2v) is 17.5. The SMILES string of the molecule is CC#CCOc1ccc(S(=O)(=O)N(Cc2cccnc2)N(O)C(=O)C(C(C)C)C(C(=O)NO)(C2CCCCC2)N(C)S(=O)(=O)c2ccc(OCC#CC)cc2)cc1. The molecule has 0 aliphatic heterocycles. The van der Waals surface area contributed by atoms with Crippen LogP contribution in [-0.4, -0.2) is 83.7 Å². The third kappa shape index (κ3) is 9.93. The number of amides is 2. The quantitative estimate of drug-likeness (QED) is 0.0976. The first kappa shape index (κ1) is 44.7. The van der Waals surface area contributed by atoms with Gasteiger partial charge in [0.05, 0.1) is 22.3 Å². The molecule has 1 fully saturated rings. The fourth-order valence-corrected chi connectivity index (χ4v) is 10.1. The van der Waals surface area contributed by atoms with Gasteiger partial charge in [0.15, 0.2) is 0 Å². The van der Waals surface area contributed by atoms with E-state index in [1.807, 2.05) is 0 Å². The lowest BCUT2D eigenvalue weighted by Gasteiger charge is -2.51. The van der Waals surface area contributed by atoms with Crippen molar-refractivity contribution in [3.8, 4) is 35.2 Å². The number of carbonyl (C=O) groups excluding carboxylic acids is 2. The maximum Gasteiger partial charge on any atom is 0.268 e. The summed E-state index contributed by atoms with van der Waals surface area (Å²) in [5, 5.41) is 22.3. The van der Waals surface area contributed by atoms with Gasteiger partial charge in [-0.15, -0.1) is 17.0 Å². The first-order valence-electron chi connectivity index (χ1n) is 18.3. The average molecular weight is 824 g/mol. The lowest BCUT2D eigenvalue weighted by Crippen LogP contribution is -2.71. The van der Waals surface area contributed by atoms with Crippen LogP contribution >= 0.6 is 0 Å². The van der Waals surface area contributed by atoms with Crippen LogP contribution in [0.1, 0.15) is 65.4 Å². The molecule has 1 heterocycles. The predicted molar refractivity (Wildman–Crippen MR) is 209 cm³/mol. The number of hydrogen-bond donors (Lipinski definition) is 3. The van der Waals surface area contributed by atoms with Gasteiger partial charge in [-0.2, -0.15) is 4.31 Å². The fraction of sp³-hybridized carbons (Fsp3) is 0.425. The van der Waals surface area contributed by atoms with E-state index in [-0.39, 0.29) is 46.6 Å². The number of carbonyl (C=O) groups is 2. The molecular weight excluding hydrogens is 775 g/mol. The molecule has 15 nitrogen and oxygen atoms in total. The van der Waals surface area contributed by atoms with Gasteiger partial charge < -0.3 is 9.47 Å². The smallest absolute Gasteiger partial charge is 0.268 e. The number of hydrogen-bond acceptors (Lipinski definition) is 11. The summed E-state index contributed by atoms with van der Waals surface area (Å²) in [6.45, 7) is 5.93. The van der Waals surface area contributed by atoms with E-state index in [0.717, 1.165) is 17.8 Å². The van der Waals surface area contributed by atoms with Gasteiger partial charge in [0.2, 0.25) is 10.0 Å². The number of nitrogens with zero attached hydrogens (tertiary/aromatic N) is 4. The first-order valence-corrected chi connectivity index (χ1v) is 21.2. The highest BCUT2D eigenvalue weighted by atomic mass is 32.2. The van der Waals surface area contributed by atoms with Crippen molar-refractivity contribution in [3.63, 3.8) is 0 Å². The molecule has 3 aromatic rings. The van der Waals surface area contributed by atoms with Gasteiger partial charge in [0.25, 0.3) is 21.8 Å². The summed E-state index contributed by atoms with van der Waals surface area (Å²) in [6.07, 6.45) is 5.27. The van der Waals surface area contributed by atoms with Crippen LogP contribution in [0.4, 0.5) is 0 Å². The fourth-order valence-electron chi connectivity index (χ4n) is 7.20. The third-order valence-corrected chi connectivity index (χ3v) is 13.5. The van der Waals surface area contributed by atoms with Crippen molar-refractivity contribution in [2.75, 3.05) is 20.3 Å². The number of hydrazine groups is 1. The maximum absolute atomic E-state index is 15.1. The zero-order valence-electron chi connectivity index (χ0n) is 32.6. The van der Waals surface area contributed by atoms with E-state index >= 15 is 4.79 Å². The number of pyridine rings is 1. The zero-order valence-corrected chi connectivity index (χ0v) is 34.2. The van der Waals surface area contributed by atoms with Crippen LogP contribution in [0.5, 0.6) is 11.5 Å². The van der Waals surface area contributed by atoms with E-state index in [4.69, 9.17) is 9.47 Å². The molecule has 1 aliphatic rings. The van der Waals surface area contributed by atoms with Gasteiger partial charge in [0.1, 0.15) is 30.3 Å². The number of nitrogens with one attached hydrogen (secondary N) is 1. The van der Waals surface area contributed by atoms with Crippen molar-refractivity contribution >= 4 is 31.9 Å². The second kappa shape index (κ2) is 19.9. The van der Waals surface area contributed by atoms with E-state index in [9.17, 15) is 32.0 Å². The molecule has 57 heavy (non-hydrogen) atoms. The van der Waals surface area contributed by atoms with Crippen LogP contribution in [0.15, 0.2) is 82.8 Å². The largest absolute Gasteiger partial charge is 0.481 e. The number of rotatable bonds is 17. The minimum atomic E-state index is -4.77. The summed E-state index contributed by atoms with van der Waals surface area (Å²) in [5.74, 6) is 5.45. The number of sulfonamides is 2. The number of hydroxylamine groups is 2. The molecule has 0 radical (unpaired) electrons. The van der Waals surface area contributed by atoms with Gasteiger partial charge in [0, 0.05) is 19.4 Å². The Balaban J connectivity index is 1.88. The number of aromatic nitrogens is 1. The molecule has 0 saturated heterocycles. The standard InChI is InChI=1S/C40H49N5O10S2/c1-6-8-26-54-33-17-21-35(22-18-33)56(50,51)43(5)40(39(47)42-48,32-15-11-10-12-16-32)37(30(3)4)38(46)45(49)44(29-31-14-13-25-41-28-31)57(52,53)36-23-19-34(20-24-36)55-27-9-7-2/h13-14,17-25,28,30,32,37,48-49H,10-12,15-16,26-27,29H2,1-5H3,(H,42,47). The lowest BCUT2D eigenvalue weighted by molar-refractivity contribution is -0.224. The molecule has 0 bridgehead atoms. The molecule has 1 aliphatic carbocycles. The average Bonchev–Trinajstić information content (AvgIpc) is 3.22. The van der Waals surface area contributed by atoms with Crippen LogP contribution in [0.25, 0.3) is 0 Å². The molecule has 4 rings (SSSR count). The van der Waals surface area contributed by atoms with E-state index in [0.29, 0.717) is 28.8 Å². The van der Waals surface area contributed by atoms with Crippen LogP contribution in [0.2, 0.25) is 0 Å². The van der Waals surface area contributed by atoms with Crippen molar-refractivity contribution in [1.82, 2.24) is 24.4 Å². The van der Waals surface area contributed by atoms with E-state index in [1.165, 1.54) is 60.9 Å². The molecule has 306 valence electrons. The van der Waals surface area contributed by atoms with Gasteiger partial charge in [-0.25, -0.2) is 22.3 Å². The van der Waals surface area contributed by atoms with Crippen molar-refractivity contribution < 1.29 is 46.3 Å². The topological polar surface area (TPSA) is 196 Å². The highest BCUT2D eigenvalue weighted by Gasteiger charge is 2.62. The zero-order chi connectivity index (χ0) is 41.8. The summed E-state index contributed by atoms with van der Waals surface area (Å²) >= 11 is 0. The van der Waals surface area contributed by atoms with Gasteiger partial charge >= 0.3 is 0 Å². The Bertz CT molecular complexity index is 2180. The highest BCUT2D eigenvalue weighted by Crippen LogP contribution is 2.47. The minimum absolute atomic E-state index is 0.0635. The molecule has 0 spiro atoms. The number of ether oxygens (including phenoxy) is 2. The second-order valence-electron chi connectivity index (χ2n) is 13.6. The minimum Gasteiger partial charge on any atom is -0.481 e. The lowest BCUT2D eigenvalue weighted by atomic mass is 9.64. The number of benzene rings is 2. The van der Waals surface area contributed by atoms with Crippen LogP contribution in [-0.2, 0) is 36.2 Å². The van der Waals surface area contributed by atoms with E-state index in [1.54, 1.807) is 45.3 Å². The van der Waals surface area contributed by atoms with Crippen LogP contribution < -0.4 is 15.0 Å². The molecular formula is C40H49N5O10S2. The molecule has 3 N–H and O–H groups in total. The summed E-state index contributed by atoms with van der Waals surface area (Å²) < 4.78 is 70.4. The maximum atomic E-state index is 15.1. The molecule has 17 heteroatoms. The Morgan fingerprint density at radius 1 is 0.877 bits per heavy atom. The van der Waals surface area contributed by atoms with Crippen molar-refractivity contribution in [2.24, 2.45) is 17.8 Å². The normalized spacial score (nSPS) is 15.1. The van der Waals surface area contributed by atoms with Gasteiger partial charge in [-0.1, -0.05) is 55.4 Å². The molecule has 2 atom stereocenters. The predicted octanol–water partition coefficient (Wildman–Crippen LogP) is 4.63. The Morgan fingerprint density at radius 3 is 1.86 bits per heavy atom. The van der Waals surface area contributed by atoms with Gasteiger partial charge in [-0.05, 0) is 98.7 Å². The van der Waals surface area contributed by atoms with Crippen molar-refractivity contribution in [2.45, 2.75) is 81.7 Å². The van der Waals surface area contributed by atoms with Crippen LogP contribution in [0.3, 0.4) is 0 Å². The molecule has 2 amide bonds. The Hall–Kier alpha value is -5.01.